The molecule has 0 amide bonds. The normalized spacial score (nSPS) is 20.7. The molecule has 1 fully saturated rings. The molecule has 1 aliphatic rings. The van der Waals surface area contributed by atoms with Crippen molar-refractivity contribution in [2.45, 2.75) is 12.5 Å². The second-order valence-corrected chi connectivity index (χ2v) is 3.83. The minimum absolute atomic E-state index is 0.00583. The van der Waals surface area contributed by atoms with Crippen LogP contribution in [-0.2, 0) is 4.74 Å². The number of ether oxygens (including phenoxy) is 1. The quantitative estimate of drug-likeness (QED) is 0.787. The molecular formula is C12H14FNO2. The lowest BCUT2D eigenvalue weighted by atomic mass is 10.0. The van der Waals surface area contributed by atoms with Crippen LogP contribution >= 0.6 is 0 Å². The Morgan fingerprint density at radius 3 is 2.81 bits per heavy atom. The molecule has 3 nitrogen and oxygen atoms in total. The summed E-state index contributed by atoms with van der Waals surface area (Å²) in [5, 5.41) is 3.16. The van der Waals surface area contributed by atoms with Gasteiger partial charge >= 0.3 is 0 Å². The lowest BCUT2D eigenvalue weighted by Crippen LogP contribution is -2.39. The molecular weight excluding hydrogens is 209 g/mol. The number of rotatable bonds is 3. The summed E-state index contributed by atoms with van der Waals surface area (Å²) < 4.78 is 18.1. The number of ketones is 1. The van der Waals surface area contributed by atoms with E-state index < -0.39 is 0 Å². The number of benzene rings is 1. The number of halogens is 1. The van der Waals surface area contributed by atoms with E-state index in [-0.39, 0.29) is 17.7 Å². The Hall–Kier alpha value is -1.26. The first-order chi connectivity index (χ1) is 7.75. The zero-order valence-corrected chi connectivity index (χ0v) is 8.91. The predicted octanol–water partition coefficient (Wildman–Crippen LogP) is 1.39. The summed E-state index contributed by atoms with van der Waals surface area (Å²) in [6, 6.07) is 5.61. The first-order valence-electron chi connectivity index (χ1n) is 5.37. The van der Waals surface area contributed by atoms with E-state index in [2.05, 4.69) is 5.32 Å². The van der Waals surface area contributed by atoms with Gasteiger partial charge in [0.2, 0.25) is 0 Å². The Bertz CT molecular complexity index is 358. The molecule has 16 heavy (non-hydrogen) atoms. The van der Waals surface area contributed by atoms with Crippen LogP contribution in [0.4, 0.5) is 4.39 Å². The van der Waals surface area contributed by atoms with Crippen molar-refractivity contribution >= 4 is 5.78 Å². The molecule has 1 N–H and O–H groups in total. The largest absolute Gasteiger partial charge is 0.375 e. The number of Topliss-reactive ketones (excluding diaryl/α,β-unsaturated/α-hetero) is 1. The van der Waals surface area contributed by atoms with Gasteiger partial charge in [-0.25, -0.2) is 4.39 Å². The summed E-state index contributed by atoms with van der Waals surface area (Å²) >= 11 is 0. The van der Waals surface area contributed by atoms with Crippen LogP contribution in [0.15, 0.2) is 24.3 Å². The lowest BCUT2D eigenvalue weighted by molar-refractivity contribution is 0.0240. The van der Waals surface area contributed by atoms with Crippen LogP contribution in [0, 0.1) is 5.82 Å². The van der Waals surface area contributed by atoms with Gasteiger partial charge in [-0.2, -0.15) is 0 Å². The van der Waals surface area contributed by atoms with Crippen LogP contribution in [0.3, 0.4) is 0 Å². The monoisotopic (exact) mass is 223 g/mol. The molecule has 0 bridgehead atoms. The van der Waals surface area contributed by atoms with Gasteiger partial charge in [-0.05, 0) is 24.3 Å². The maximum Gasteiger partial charge on any atom is 0.165 e. The van der Waals surface area contributed by atoms with E-state index in [1.54, 1.807) is 0 Å². The highest BCUT2D eigenvalue weighted by Gasteiger charge is 2.18. The van der Waals surface area contributed by atoms with Crippen LogP contribution in [0.1, 0.15) is 16.8 Å². The van der Waals surface area contributed by atoms with Crippen molar-refractivity contribution in [2.75, 3.05) is 19.7 Å². The Morgan fingerprint density at radius 1 is 1.44 bits per heavy atom. The molecule has 0 aliphatic carbocycles. The molecule has 1 aromatic rings. The summed E-state index contributed by atoms with van der Waals surface area (Å²) in [5.74, 6) is -0.333. The predicted molar refractivity (Wildman–Crippen MR) is 58.0 cm³/mol. The highest BCUT2D eigenvalue weighted by Crippen LogP contribution is 2.10. The van der Waals surface area contributed by atoms with Crippen LogP contribution < -0.4 is 5.32 Å². The highest BCUT2D eigenvalue weighted by atomic mass is 19.1. The number of carbonyl (C=O) groups excluding carboxylic acids is 1. The fourth-order valence-corrected chi connectivity index (χ4v) is 1.71. The van der Waals surface area contributed by atoms with E-state index in [9.17, 15) is 9.18 Å². The zero-order valence-electron chi connectivity index (χ0n) is 8.91. The molecule has 86 valence electrons. The van der Waals surface area contributed by atoms with E-state index in [0.29, 0.717) is 25.1 Å². The Labute approximate surface area is 93.6 Å². The van der Waals surface area contributed by atoms with Crippen LogP contribution in [0.2, 0.25) is 0 Å². The molecule has 2 rings (SSSR count). The molecule has 1 aromatic carbocycles. The van der Waals surface area contributed by atoms with E-state index in [0.717, 1.165) is 6.54 Å². The summed E-state index contributed by atoms with van der Waals surface area (Å²) in [5.41, 5.74) is 0.538. The average molecular weight is 223 g/mol. The Balaban J connectivity index is 1.94. The third-order valence-electron chi connectivity index (χ3n) is 2.58. The van der Waals surface area contributed by atoms with Gasteiger partial charge in [0.25, 0.3) is 0 Å². The van der Waals surface area contributed by atoms with Crippen molar-refractivity contribution in [2.24, 2.45) is 0 Å². The maximum absolute atomic E-state index is 12.7. The minimum atomic E-state index is -0.327. The van der Waals surface area contributed by atoms with E-state index >= 15 is 0 Å². The molecule has 1 atom stereocenters. The van der Waals surface area contributed by atoms with Crippen molar-refractivity contribution < 1.29 is 13.9 Å². The first-order valence-corrected chi connectivity index (χ1v) is 5.37. The zero-order chi connectivity index (χ0) is 11.4. The number of hydrogen-bond acceptors (Lipinski definition) is 3. The highest BCUT2D eigenvalue weighted by molar-refractivity contribution is 5.96. The van der Waals surface area contributed by atoms with Crippen LogP contribution in [0.25, 0.3) is 0 Å². The van der Waals surface area contributed by atoms with Gasteiger partial charge in [-0.1, -0.05) is 0 Å². The van der Waals surface area contributed by atoms with Crippen LogP contribution in [0.5, 0.6) is 0 Å². The topological polar surface area (TPSA) is 38.3 Å². The van der Waals surface area contributed by atoms with Gasteiger partial charge in [0.1, 0.15) is 5.82 Å². The fourth-order valence-electron chi connectivity index (χ4n) is 1.71. The van der Waals surface area contributed by atoms with Crippen molar-refractivity contribution in [1.29, 1.82) is 0 Å². The molecule has 0 spiro atoms. The first kappa shape index (κ1) is 11.2. The van der Waals surface area contributed by atoms with Gasteiger partial charge < -0.3 is 10.1 Å². The summed E-state index contributed by atoms with van der Waals surface area (Å²) in [6.45, 7) is 2.18. The maximum atomic E-state index is 12.7. The van der Waals surface area contributed by atoms with E-state index in [1.807, 2.05) is 0 Å². The summed E-state index contributed by atoms with van der Waals surface area (Å²) in [6.07, 6.45) is 0.282. The van der Waals surface area contributed by atoms with Crippen molar-refractivity contribution in [3.05, 3.63) is 35.6 Å². The third-order valence-corrected chi connectivity index (χ3v) is 2.58. The molecule has 1 aliphatic heterocycles. The molecule has 0 radical (unpaired) electrons. The van der Waals surface area contributed by atoms with Crippen molar-refractivity contribution in [3.63, 3.8) is 0 Å². The summed E-state index contributed by atoms with van der Waals surface area (Å²) in [7, 11) is 0. The lowest BCUT2D eigenvalue weighted by Gasteiger charge is -2.22. The van der Waals surface area contributed by atoms with E-state index in [4.69, 9.17) is 4.74 Å². The van der Waals surface area contributed by atoms with Gasteiger partial charge in [0.15, 0.2) is 5.78 Å². The Kier molecular flexibility index (Phi) is 3.64. The summed E-state index contributed by atoms with van der Waals surface area (Å²) in [4.78, 5) is 11.8. The Morgan fingerprint density at radius 2 is 2.19 bits per heavy atom. The number of hydrogen-bond donors (Lipinski definition) is 1. The standard InChI is InChI=1S/C12H14FNO2/c13-10-3-1-9(2-4-10)12(15)7-11-8-14-5-6-16-11/h1-4,11,14H,5-8H2. The van der Waals surface area contributed by atoms with E-state index in [1.165, 1.54) is 24.3 Å². The number of carbonyl (C=O) groups is 1. The molecule has 1 saturated heterocycles. The fraction of sp³-hybridized carbons (Fsp3) is 0.417. The average Bonchev–Trinajstić information content (AvgIpc) is 2.31. The number of morpholine rings is 1. The SMILES string of the molecule is O=C(CC1CNCCO1)c1ccc(F)cc1. The van der Waals surface area contributed by atoms with Gasteiger partial charge in [0.05, 0.1) is 12.7 Å². The molecule has 4 heteroatoms. The molecule has 0 aromatic heterocycles. The van der Waals surface area contributed by atoms with Crippen molar-refractivity contribution in [3.8, 4) is 0 Å². The molecule has 1 unspecified atom stereocenters. The third kappa shape index (κ3) is 2.87. The smallest absolute Gasteiger partial charge is 0.165 e. The molecule has 0 saturated carbocycles. The van der Waals surface area contributed by atoms with Gasteiger partial charge in [-0.15, -0.1) is 0 Å². The molecule has 1 heterocycles. The minimum Gasteiger partial charge on any atom is -0.375 e. The second-order valence-electron chi connectivity index (χ2n) is 3.83. The van der Waals surface area contributed by atoms with Gasteiger partial charge in [0, 0.05) is 25.1 Å². The van der Waals surface area contributed by atoms with Crippen molar-refractivity contribution in [1.82, 2.24) is 5.32 Å². The second kappa shape index (κ2) is 5.18. The van der Waals surface area contributed by atoms with Crippen LogP contribution in [-0.4, -0.2) is 31.6 Å². The van der Waals surface area contributed by atoms with Gasteiger partial charge in [-0.3, -0.25) is 4.79 Å². The number of nitrogens with one attached hydrogen (secondary N) is 1.